The summed E-state index contributed by atoms with van der Waals surface area (Å²) in [5, 5.41) is 8.81. The molecule has 1 saturated heterocycles. The van der Waals surface area contributed by atoms with Gasteiger partial charge in [0.25, 0.3) is 5.91 Å². The van der Waals surface area contributed by atoms with Crippen LogP contribution >= 0.6 is 0 Å². The minimum Gasteiger partial charge on any atom is -0.480 e. The van der Waals surface area contributed by atoms with Crippen molar-refractivity contribution in [2.75, 3.05) is 39.3 Å². The summed E-state index contributed by atoms with van der Waals surface area (Å²) < 4.78 is 5.45. The highest BCUT2D eigenvalue weighted by molar-refractivity contribution is 5.85. The van der Waals surface area contributed by atoms with E-state index in [1.165, 1.54) is 4.90 Å². The van der Waals surface area contributed by atoms with Gasteiger partial charge in [0, 0.05) is 19.6 Å². The summed E-state index contributed by atoms with van der Waals surface area (Å²) in [6.45, 7) is 6.94. The van der Waals surface area contributed by atoms with E-state index < -0.39 is 12.1 Å². The third kappa shape index (κ3) is 4.27. The summed E-state index contributed by atoms with van der Waals surface area (Å²) in [5.41, 5.74) is 0. The fourth-order valence-electron chi connectivity index (χ4n) is 2.04. The fraction of sp³-hybridized carbons (Fsp3) is 0.833. The Morgan fingerprint density at radius 3 is 2.72 bits per heavy atom. The van der Waals surface area contributed by atoms with Crippen LogP contribution in [0, 0.1) is 0 Å². The summed E-state index contributed by atoms with van der Waals surface area (Å²) in [5.74, 6) is -1.20. The van der Waals surface area contributed by atoms with Gasteiger partial charge in [-0.15, -0.1) is 0 Å². The molecule has 1 aliphatic rings. The van der Waals surface area contributed by atoms with Crippen molar-refractivity contribution >= 4 is 11.9 Å². The van der Waals surface area contributed by atoms with Gasteiger partial charge in [-0.1, -0.05) is 13.8 Å². The lowest BCUT2D eigenvalue weighted by atomic mass is 10.2. The van der Waals surface area contributed by atoms with Crippen molar-refractivity contribution < 1.29 is 19.4 Å². The first-order valence-corrected chi connectivity index (χ1v) is 6.43. The summed E-state index contributed by atoms with van der Waals surface area (Å²) in [4.78, 5) is 26.4. The molecule has 6 nitrogen and oxygen atoms in total. The van der Waals surface area contributed by atoms with Gasteiger partial charge in [-0.3, -0.25) is 14.5 Å². The van der Waals surface area contributed by atoms with Crippen LogP contribution in [-0.2, 0) is 14.3 Å². The van der Waals surface area contributed by atoms with E-state index in [-0.39, 0.29) is 12.5 Å². The molecule has 0 saturated carbocycles. The molecule has 1 fully saturated rings. The highest BCUT2D eigenvalue weighted by Gasteiger charge is 2.30. The Morgan fingerprint density at radius 1 is 1.44 bits per heavy atom. The number of carboxylic acids is 1. The predicted molar refractivity (Wildman–Crippen MR) is 66.4 cm³/mol. The van der Waals surface area contributed by atoms with Crippen molar-refractivity contribution in [3.05, 3.63) is 0 Å². The largest absolute Gasteiger partial charge is 0.480 e. The maximum Gasteiger partial charge on any atom is 0.323 e. The molecule has 0 radical (unpaired) electrons. The monoisotopic (exact) mass is 258 g/mol. The minimum atomic E-state index is -0.986. The van der Waals surface area contributed by atoms with Gasteiger partial charge in [-0.2, -0.15) is 0 Å². The number of hydrogen-bond donors (Lipinski definition) is 1. The average molecular weight is 258 g/mol. The highest BCUT2D eigenvalue weighted by atomic mass is 16.5. The SMILES string of the molecule is CCCN(CC(=O)O)C(=O)C1CN(CC)CCO1. The Morgan fingerprint density at radius 2 is 2.17 bits per heavy atom. The zero-order valence-electron chi connectivity index (χ0n) is 11.1. The molecule has 104 valence electrons. The van der Waals surface area contributed by atoms with Crippen LogP contribution in [0.1, 0.15) is 20.3 Å². The van der Waals surface area contributed by atoms with Gasteiger partial charge >= 0.3 is 5.97 Å². The number of likely N-dealkylation sites (N-methyl/N-ethyl adjacent to an activating group) is 1. The lowest BCUT2D eigenvalue weighted by Gasteiger charge is -2.33. The Hall–Kier alpha value is -1.14. The second-order valence-corrected chi connectivity index (χ2v) is 4.41. The number of amides is 1. The summed E-state index contributed by atoms with van der Waals surface area (Å²) >= 11 is 0. The number of ether oxygens (including phenoxy) is 1. The van der Waals surface area contributed by atoms with Crippen LogP contribution in [0.25, 0.3) is 0 Å². The first kappa shape index (κ1) is 14.9. The van der Waals surface area contributed by atoms with Gasteiger partial charge in [-0.05, 0) is 13.0 Å². The third-order valence-corrected chi connectivity index (χ3v) is 3.00. The number of carbonyl (C=O) groups excluding carboxylic acids is 1. The number of carboxylic acid groups (broad SMARTS) is 1. The van der Waals surface area contributed by atoms with Crippen LogP contribution in [0.5, 0.6) is 0 Å². The molecule has 1 unspecified atom stereocenters. The van der Waals surface area contributed by atoms with Gasteiger partial charge in [0.05, 0.1) is 6.61 Å². The number of morpholine rings is 1. The number of carbonyl (C=O) groups is 2. The molecule has 0 bridgehead atoms. The van der Waals surface area contributed by atoms with Crippen LogP contribution in [0.15, 0.2) is 0 Å². The Balaban J connectivity index is 2.60. The summed E-state index contributed by atoms with van der Waals surface area (Å²) in [6, 6.07) is 0. The second kappa shape index (κ2) is 7.33. The van der Waals surface area contributed by atoms with E-state index in [0.29, 0.717) is 19.7 Å². The van der Waals surface area contributed by atoms with E-state index in [4.69, 9.17) is 9.84 Å². The number of aliphatic carboxylic acids is 1. The van der Waals surface area contributed by atoms with Gasteiger partial charge in [0.1, 0.15) is 12.6 Å². The van der Waals surface area contributed by atoms with E-state index in [0.717, 1.165) is 19.5 Å². The zero-order chi connectivity index (χ0) is 13.5. The molecule has 1 atom stereocenters. The predicted octanol–water partition coefficient (Wildman–Crippen LogP) is 0.0303. The van der Waals surface area contributed by atoms with Crippen molar-refractivity contribution in [3.63, 3.8) is 0 Å². The molecule has 1 aliphatic heterocycles. The minimum absolute atomic E-state index is 0.211. The topological polar surface area (TPSA) is 70.1 Å². The molecule has 18 heavy (non-hydrogen) atoms. The maximum absolute atomic E-state index is 12.2. The van der Waals surface area contributed by atoms with E-state index >= 15 is 0 Å². The van der Waals surface area contributed by atoms with E-state index in [2.05, 4.69) is 4.90 Å². The first-order valence-electron chi connectivity index (χ1n) is 6.43. The molecule has 0 aromatic carbocycles. The standard InChI is InChI=1S/C12H22N2O4/c1-3-5-14(9-11(15)16)12(17)10-8-13(4-2)6-7-18-10/h10H,3-9H2,1-2H3,(H,15,16). The molecular formula is C12H22N2O4. The number of nitrogens with zero attached hydrogens (tertiary/aromatic N) is 2. The zero-order valence-corrected chi connectivity index (χ0v) is 11.1. The van der Waals surface area contributed by atoms with Crippen molar-refractivity contribution in [1.82, 2.24) is 9.80 Å². The molecule has 0 aliphatic carbocycles. The maximum atomic E-state index is 12.2. The summed E-state index contributed by atoms with van der Waals surface area (Å²) in [6.07, 6.45) is 0.216. The van der Waals surface area contributed by atoms with Crippen molar-refractivity contribution in [2.24, 2.45) is 0 Å². The van der Waals surface area contributed by atoms with Gasteiger partial charge in [0.15, 0.2) is 0 Å². The van der Waals surface area contributed by atoms with Gasteiger partial charge in [0.2, 0.25) is 0 Å². The Bertz CT molecular complexity index is 296. The van der Waals surface area contributed by atoms with Gasteiger partial charge < -0.3 is 14.7 Å². The highest BCUT2D eigenvalue weighted by Crippen LogP contribution is 2.09. The van der Waals surface area contributed by atoms with Crippen LogP contribution in [0.3, 0.4) is 0 Å². The Kier molecular flexibility index (Phi) is 6.07. The number of hydrogen-bond acceptors (Lipinski definition) is 4. The Labute approximate surface area is 107 Å². The number of rotatable bonds is 6. The van der Waals surface area contributed by atoms with Crippen LogP contribution < -0.4 is 0 Å². The van der Waals surface area contributed by atoms with Crippen molar-refractivity contribution in [2.45, 2.75) is 26.4 Å². The molecule has 1 heterocycles. The third-order valence-electron chi connectivity index (χ3n) is 3.00. The molecule has 0 aromatic heterocycles. The van der Waals surface area contributed by atoms with Crippen molar-refractivity contribution in [1.29, 1.82) is 0 Å². The molecule has 1 amide bonds. The molecular weight excluding hydrogens is 236 g/mol. The summed E-state index contributed by atoms with van der Waals surface area (Å²) in [7, 11) is 0. The quantitative estimate of drug-likeness (QED) is 0.728. The van der Waals surface area contributed by atoms with Crippen molar-refractivity contribution in [3.8, 4) is 0 Å². The average Bonchev–Trinajstić information content (AvgIpc) is 2.37. The lowest BCUT2D eigenvalue weighted by Crippen LogP contribution is -2.52. The van der Waals surface area contributed by atoms with Crippen LogP contribution in [0.4, 0.5) is 0 Å². The first-order chi connectivity index (χ1) is 8.58. The lowest BCUT2D eigenvalue weighted by molar-refractivity contribution is -0.154. The van der Waals surface area contributed by atoms with E-state index in [1.807, 2.05) is 13.8 Å². The van der Waals surface area contributed by atoms with E-state index in [1.54, 1.807) is 0 Å². The van der Waals surface area contributed by atoms with E-state index in [9.17, 15) is 9.59 Å². The molecule has 0 aromatic rings. The molecule has 6 heteroatoms. The molecule has 0 spiro atoms. The molecule has 1 N–H and O–H groups in total. The normalized spacial score (nSPS) is 20.7. The van der Waals surface area contributed by atoms with Crippen LogP contribution in [0.2, 0.25) is 0 Å². The molecule has 1 rings (SSSR count). The van der Waals surface area contributed by atoms with Crippen LogP contribution in [-0.4, -0.2) is 72.2 Å². The fourth-order valence-corrected chi connectivity index (χ4v) is 2.04. The van der Waals surface area contributed by atoms with Gasteiger partial charge in [-0.25, -0.2) is 0 Å². The second-order valence-electron chi connectivity index (χ2n) is 4.41. The smallest absolute Gasteiger partial charge is 0.323 e.